The van der Waals surface area contributed by atoms with Crippen LogP contribution in [0.1, 0.15) is 28.8 Å². The van der Waals surface area contributed by atoms with E-state index in [9.17, 15) is 9.90 Å². The average Bonchev–Trinajstić information content (AvgIpc) is 3.12. The van der Waals surface area contributed by atoms with Gasteiger partial charge >= 0.3 is 5.97 Å². The Labute approximate surface area is 192 Å². The molecule has 1 aliphatic heterocycles. The van der Waals surface area contributed by atoms with Gasteiger partial charge in [-0.2, -0.15) is 0 Å². The maximum atomic E-state index is 12.2. The Morgan fingerprint density at radius 1 is 1.13 bits per heavy atom. The molecular formula is C24H26Cl2N2O3. The molecule has 2 heterocycles. The second-order valence-corrected chi connectivity index (χ2v) is 9.03. The summed E-state index contributed by atoms with van der Waals surface area (Å²) >= 11 is 12.1. The highest BCUT2D eigenvalue weighted by molar-refractivity contribution is 6.31. The number of fused-ring (bicyclic) bond motifs is 1. The molecule has 164 valence electrons. The molecule has 2 aromatic carbocycles. The number of carbonyl (C=O) groups is 1. The number of hydrogen-bond acceptors (Lipinski definition) is 4. The highest BCUT2D eigenvalue weighted by Crippen LogP contribution is 2.28. The SMILES string of the molecule is COC(=O)c1cn(CC(O)C2CCN(Cc3ccc(Cl)cc3)CC2)c2ccc(Cl)cc12. The minimum absolute atomic E-state index is 0.216. The number of aromatic nitrogens is 1. The number of aliphatic hydroxyl groups is 1. The van der Waals surface area contributed by atoms with E-state index in [1.807, 2.05) is 22.8 Å². The molecule has 0 saturated carbocycles. The van der Waals surface area contributed by atoms with Crippen LogP contribution in [-0.2, 0) is 17.8 Å². The summed E-state index contributed by atoms with van der Waals surface area (Å²) in [6.07, 6.45) is 3.13. The van der Waals surface area contributed by atoms with Gasteiger partial charge in [0.2, 0.25) is 0 Å². The van der Waals surface area contributed by atoms with E-state index in [2.05, 4.69) is 17.0 Å². The number of aliphatic hydroxyl groups excluding tert-OH is 1. The molecule has 1 N–H and O–H groups in total. The fraction of sp³-hybridized carbons (Fsp3) is 0.375. The van der Waals surface area contributed by atoms with Crippen LogP contribution in [-0.4, -0.2) is 46.8 Å². The molecule has 1 unspecified atom stereocenters. The van der Waals surface area contributed by atoms with Gasteiger partial charge in [0.05, 0.1) is 18.8 Å². The Morgan fingerprint density at radius 2 is 1.81 bits per heavy atom. The molecule has 0 spiro atoms. The van der Waals surface area contributed by atoms with E-state index < -0.39 is 12.1 Å². The van der Waals surface area contributed by atoms with E-state index in [0.717, 1.165) is 48.4 Å². The number of methoxy groups -OCH3 is 1. The zero-order chi connectivity index (χ0) is 22.0. The number of benzene rings is 2. The van der Waals surface area contributed by atoms with Gasteiger partial charge < -0.3 is 14.4 Å². The maximum Gasteiger partial charge on any atom is 0.340 e. The van der Waals surface area contributed by atoms with Crippen molar-refractivity contribution in [1.82, 2.24) is 9.47 Å². The number of piperidine rings is 1. The van der Waals surface area contributed by atoms with Crippen molar-refractivity contribution in [1.29, 1.82) is 0 Å². The number of esters is 1. The fourth-order valence-corrected chi connectivity index (χ4v) is 4.69. The van der Waals surface area contributed by atoms with Gasteiger partial charge in [-0.15, -0.1) is 0 Å². The van der Waals surface area contributed by atoms with E-state index in [-0.39, 0.29) is 5.92 Å². The van der Waals surface area contributed by atoms with Crippen molar-refractivity contribution in [2.45, 2.75) is 32.0 Å². The van der Waals surface area contributed by atoms with Crippen molar-refractivity contribution >= 4 is 40.1 Å². The quantitative estimate of drug-likeness (QED) is 0.525. The number of likely N-dealkylation sites (tertiary alicyclic amines) is 1. The van der Waals surface area contributed by atoms with Crippen LogP contribution in [0.5, 0.6) is 0 Å². The Morgan fingerprint density at radius 3 is 2.48 bits per heavy atom. The summed E-state index contributed by atoms with van der Waals surface area (Å²) in [4.78, 5) is 14.6. The predicted molar refractivity (Wildman–Crippen MR) is 124 cm³/mol. The Hall–Kier alpha value is -2.05. The van der Waals surface area contributed by atoms with Gasteiger partial charge in [0.1, 0.15) is 0 Å². The van der Waals surface area contributed by atoms with E-state index >= 15 is 0 Å². The first-order valence-corrected chi connectivity index (χ1v) is 11.2. The molecular weight excluding hydrogens is 435 g/mol. The minimum Gasteiger partial charge on any atom is -0.465 e. The van der Waals surface area contributed by atoms with Crippen molar-refractivity contribution < 1.29 is 14.6 Å². The fourth-order valence-electron chi connectivity index (χ4n) is 4.39. The van der Waals surface area contributed by atoms with Crippen LogP contribution in [0.2, 0.25) is 10.0 Å². The van der Waals surface area contributed by atoms with Crippen LogP contribution >= 0.6 is 23.2 Å². The standard InChI is InChI=1S/C24H26Cl2N2O3/c1-31-24(30)21-14-28(22-7-6-19(26)12-20(21)22)15-23(29)17-8-10-27(11-9-17)13-16-2-4-18(25)5-3-16/h2-7,12,14,17,23,29H,8-11,13,15H2,1H3. The molecule has 0 radical (unpaired) electrons. The van der Waals surface area contributed by atoms with Crippen LogP contribution in [0.4, 0.5) is 0 Å². The van der Waals surface area contributed by atoms with E-state index in [0.29, 0.717) is 17.1 Å². The molecule has 0 bridgehead atoms. The number of carbonyl (C=O) groups excluding carboxylic acids is 1. The van der Waals surface area contributed by atoms with Crippen molar-refractivity contribution in [3.63, 3.8) is 0 Å². The molecule has 4 rings (SSSR count). The minimum atomic E-state index is -0.491. The van der Waals surface area contributed by atoms with Gasteiger partial charge in [-0.25, -0.2) is 4.79 Å². The average molecular weight is 461 g/mol. The topological polar surface area (TPSA) is 54.7 Å². The third-order valence-electron chi connectivity index (χ3n) is 6.13. The first-order chi connectivity index (χ1) is 14.9. The second-order valence-electron chi connectivity index (χ2n) is 8.16. The number of hydrogen-bond donors (Lipinski definition) is 1. The van der Waals surface area contributed by atoms with Gasteiger partial charge in [0.15, 0.2) is 0 Å². The Bertz CT molecular complexity index is 1060. The molecule has 1 aromatic heterocycles. The molecule has 3 aromatic rings. The Balaban J connectivity index is 1.41. The summed E-state index contributed by atoms with van der Waals surface area (Å²) in [7, 11) is 1.36. The molecule has 1 saturated heterocycles. The van der Waals surface area contributed by atoms with Gasteiger partial charge in [0.25, 0.3) is 0 Å². The van der Waals surface area contributed by atoms with Crippen molar-refractivity contribution in [2.24, 2.45) is 5.92 Å². The largest absolute Gasteiger partial charge is 0.465 e. The number of nitrogens with zero attached hydrogens (tertiary/aromatic N) is 2. The summed E-state index contributed by atoms with van der Waals surface area (Å²) < 4.78 is 6.85. The van der Waals surface area contributed by atoms with E-state index in [4.69, 9.17) is 27.9 Å². The molecule has 1 fully saturated rings. The lowest BCUT2D eigenvalue weighted by atomic mass is 9.91. The Kier molecular flexibility index (Phi) is 6.87. The third-order valence-corrected chi connectivity index (χ3v) is 6.62. The number of halogens is 2. The molecule has 31 heavy (non-hydrogen) atoms. The summed E-state index contributed by atoms with van der Waals surface area (Å²) in [6.45, 7) is 3.21. The molecule has 1 atom stereocenters. The third kappa shape index (κ3) is 5.07. The summed E-state index contributed by atoms with van der Waals surface area (Å²) in [5.41, 5.74) is 2.57. The van der Waals surface area contributed by atoms with Gasteiger partial charge in [0, 0.05) is 40.2 Å². The molecule has 0 aliphatic carbocycles. The van der Waals surface area contributed by atoms with E-state index in [1.165, 1.54) is 12.7 Å². The lowest BCUT2D eigenvalue weighted by Crippen LogP contribution is -2.38. The predicted octanol–water partition coefficient (Wildman–Crippen LogP) is 5.01. The first kappa shape index (κ1) is 22.2. The lowest BCUT2D eigenvalue weighted by molar-refractivity contribution is 0.0464. The summed E-state index contributed by atoms with van der Waals surface area (Å²) in [5, 5.41) is 13.0. The maximum absolute atomic E-state index is 12.2. The van der Waals surface area contributed by atoms with Crippen LogP contribution in [0.3, 0.4) is 0 Å². The van der Waals surface area contributed by atoms with E-state index in [1.54, 1.807) is 18.3 Å². The van der Waals surface area contributed by atoms with Crippen LogP contribution in [0, 0.1) is 5.92 Å². The normalized spacial score (nSPS) is 16.5. The zero-order valence-electron chi connectivity index (χ0n) is 17.4. The molecule has 5 nitrogen and oxygen atoms in total. The molecule has 0 amide bonds. The molecule has 7 heteroatoms. The summed E-state index contributed by atoms with van der Waals surface area (Å²) in [6, 6.07) is 13.4. The second kappa shape index (κ2) is 9.61. The van der Waals surface area contributed by atoms with Crippen molar-refractivity contribution in [3.8, 4) is 0 Å². The summed E-state index contributed by atoms with van der Waals surface area (Å²) in [5.74, 6) is -0.191. The monoisotopic (exact) mass is 460 g/mol. The van der Waals surface area contributed by atoms with Crippen LogP contribution < -0.4 is 0 Å². The van der Waals surface area contributed by atoms with Gasteiger partial charge in [-0.05, 0) is 67.7 Å². The smallest absolute Gasteiger partial charge is 0.340 e. The van der Waals surface area contributed by atoms with Crippen molar-refractivity contribution in [2.75, 3.05) is 20.2 Å². The van der Waals surface area contributed by atoms with Gasteiger partial charge in [-0.1, -0.05) is 35.3 Å². The lowest BCUT2D eigenvalue weighted by Gasteiger charge is -2.34. The van der Waals surface area contributed by atoms with Crippen LogP contribution in [0.25, 0.3) is 10.9 Å². The van der Waals surface area contributed by atoms with Crippen molar-refractivity contribution in [3.05, 3.63) is 69.8 Å². The number of rotatable bonds is 6. The van der Waals surface area contributed by atoms with Gasteiger partial charge in [-0.3, -0.25) is 4.90 Å². The number of ether oxygens (including phenoxy) is 1. The highest BCUT2D eigenvalue weighted by atomic mass is 35.5. The first-order valence-electron chi connectivity index (χ1n) is 10.5. The van der Waals surface area contributed by atoms with Crippen LogP contribution in [0.15, 0.2) is 48.7 Å². The molecule has 1 aliphatic rings. The highest BCUT2D eigenvalue weighted by Gasteiger charge is 2.26. The zero-order valence-corrected chi connectivity index (χ0v) is 18.9.